The zero-order chi connectivity index (χ0) is 24.8. The maximum Gasteiger partial charge on any atom is 0.189 e. The Morgan fingerprint density at radius 1 is 0.882 bits per heavy atom. The van der Waals surface area contributed by atoms with E-state index in [-0.39, 0.29) is 6.79 Å². The van der Waals surface area contributed by atoms with Crippen molar-refractivity contribution in [1.29, 1.82) is 0 Å². The van der Waals surface area contributed by atoms with Crippen molar-refractivity contribution < 1.29 is 14.2 Å². The van der Waals surface area contributed by atoms with Crippen LogP contribution < -0.4 is 4.74 Å². The Bertz CT molecular complexity index is 1070. The number of aromatic nitrogens is 3. The van der Waals surface area contributed by atoms with Crippen LogP contribution in [0.1, 0.15) is 12.5 Å². The minimum atomic E-state index is -1.10. The zero-order valence-electron chi connectivity index (χ0n) is 22.0. The van der Waals surface area contributed by atoms with E-state index in [1.54, 1.807) is 0 Å². The second-order valence-corrected chi connectivity index (χ2v) is 22.5. The Morgan fingerprint density at radius 2 is 1.59 bits per heavy atom. The second-order valence-electron chi connectivity index (χ2n) is 11.3. The highest BCUT2D eigenvalue weighted by Crippen LogP contribution is 2.29. The predicted molar refractivity (Wildman–Crippen MR) is 146 cm³/mol. The van der Waals surface area contributed by atoms with Crippen molar-refractivity contribution in [3.05, 3.63) is 42.2 Å². The summed E-state index contributed by atoms with van der Waals surface area (Å²) in [4.78, 5) is 4.72. The van der Waals surface area contributed by atoms with Gasteiger partial charge in [-0.3, -0.25) is 4.98 Å². The monoisotopic (exact) mass is 499 g/mol. The van der Waals surface area contributed by atoms with Crippen LogP contribution in [0.5, 0.6) is 5.75 Å². The van der Waals surface area contributed by atoms with Crippen molar-refractivity contribution in [2.75, 3.05) is 20.0 Å². The third kappa shape index (κ3) is 8.04. The molecular weight excluding hydrogens is 458 g/mol. The minimum absolute atomic E-state index is 0.286. The lowest BCUT2D eigenvalue weighted by Gasteiger charge is -2.16. The normalized spacial score (nSPS) is 12.4. The number of benzene rings is 1. The van der Waals surface area contributed by atoms with Gasteiger partial charge in [-0.25, -0.2) is 4.68 Å². The van der Waals surface area contributed by atoms with Gasteiger partial charge in [0.2, 0.25) is 0 Å². The van der Waals surface area contributed by atoms with Crippen LogP contribution in [0, 0.1) is 0 Å². The number of fused-ring (bicyclic) bond motifs is 1. The molecule has 0 radical (unpaired) electrons. The number of hydrogen-bond acceptors (Lipinski definition) is 5. The maximum absolute atomic E-state index is 5.93. The third-order valence-corrected chi connectivity index (χ3v) is 9.18. The molecule has 186 valence electrons. The predicted octanol–water partition coefficient (Wildman–Crippen LogP) is 6.66. The van der Waals surface area contributed by atoms with Crippen molar-refractivity contribution in [3.63, 3.8) is 0 Å². The molecule has 0 unspecified atom stereocenters. The molecule has 0 aliphatic heterocycles. The summed E-state index contributed by atoms with van der Waals surface area (Å²) in [6.07, 6.45) is 4.64. The Morgan fingerprint density at radius 3 is 2.26 bits per heavy atom. The highest BCUT2D eigenvalue weighted by Gasteiger charge is 2.14. The van der Waals surface area contributed by atoms with E-state index < -0.39 is 16.1 Å². The molecule has 0 N–H and O–H groups in total. The van der Waals surface area contributed by atoms with Crippen molar-refractivity contribution >= 4 is 27.1 Å². The first-order chi connectivity index (χ1) is 16.1. The van der Waals surface area contributed by atoms with Crippen LogP contribution in [0.15, 0.2) is 36.7 Å². The van der Waals surface area contributed by atoms with Gasteiger partial charge in [0, 0.05) is 46.5 Å². The van der Waals surface area contributed by atoms with Gasteiger partial charge in [-0.2, -0.15) is 5.10 Å². The van der Waals surface area contributed by atoms with Gasteiger partial charge >= 0.3 is 0 Å². The molecule has 2 heterocycles. The standard InChI is InChI=1S/C26H41N3O3Si2/c1-8-21-15-23(32-20-31-12-14-34(5,6)7)9-10-24(21)25-16-26-22(17-27-25)18-28-29(26)19-30-11-13-33(2,3)4/h9-10,15-18H,8,11-14,19-20H2,1-7H3. The van der Waals surface area contributed by atoms with Crippen molar-refractivity contribution in [2.45, 2.75) is 71.4 Å². The molecule has 1 aromatic carbocycles. The smallest absolute Gasteiger partial charge is 0.189 e. The summed E-state index contributed by atoms with van der Waals surface area (Å²) in [6, 6.07) is 10.6. The van der Waals surface area contributed by atoms with Crippen LogP contribution in [0.2, 0.25) is 51.4 Å². The summed E-state index contributed by atoms with van der Waals surface area (Å²) >= 11 is 0. The lowest BCUT2D eigenvalue weighted by atomic mass is 10.0. The second kappa shape index (κ2) is 11.6. The molecule has 0 fully saturated rings. The third-order valence-electron chi connectivity index (χ3n) is 5.78. The van der Waals surface area contributed by atoms with Gasteiger partial charge in [0.25, 0.3) is 0 Å². The first kappa shape index (κ1) is 26.6. The zero-order valence-corrected chi connectivity index (χ0v) is 24.0. The molecule has 34 heavy (non-hydrogen) atoms. The molecule has 0 amide bonds. The van der Waals surface area contributed by atoms with E-state index in [4.69, 9.17) is 19.2 Å². The van der Waals surface area contributed by atoms with Gasteiger partial charge in [-0.05, 0) is 48.3 Å². The molecule has 3 rings (SSSR count). The van der Waals surface area contributed by atoms with E-state index in [1.165, 1.54) is 5.56 Å². The Kier molecular flexibility index (Phi) is 9.09. The molecule has 0 aliphatic carbocycles. The lowest BCUT2D eigenvalue weighted by Crippen LogP contribution is -2.22. The minimum Gasteiger partial charge on any atom is -0.468 e. The summed E-state index contributed by atoms with van der Waals surface area (Å²) in [6.45, 7) is 18.6. The largest absolute Gasteiger partial charge is 0.468 e. The fourth-order valence-electron chi connectivity index (χ4n) is 3.50. The topological polar surface area (TPSA) is 58.4 Å². The first-order valence-corrected chi connectivity index (χ1v) is 19.7. The average molecular weight is 500 g/mol. The van der Waals surface area contributed by atoms with Crippen LogP contribution in [0.3, 0.4) is 0 Å². The van der Waals surface area contributed by atoms with Gasteiger partial charge in [0.05, 0.1) is 17.4 Å². The van der Waals surface area contributed by atoms with Crippen LogP contribution in [0.25, 0.3) is 22.2 Å². The molecule has 6 nitrogen and oxygen atoms in total. The van der Waals surface area contributed by atoms with Crippen LogP contribution in [0.4, 0.5) is 0 Å². The van der Waals surface area contributed by atoms with Crippen molar-refractivity contribution in [1.82, 2.24) is 14.8 Å². The molecular formula is C26H41N3O3Si2. The number of aryl methyl sites for hydroxylation is 1. The highest BCUT2D eigenvalue weighted by atomic mass is 28.3. The SMILES string of the molecule is CCc1cc(OCOCC[Si](C)(C)C)ccc1-c1cc2c(cn1)cnn2COCC[Si](C)(C)C. The summed E-state index contributed by atoms with van der Waals surface area (Å²) in [5.41, 5.74) is 4.29. The highest BCUT2D eigenvalue weighted by molar-refractivity contribution is 6.76. The fraction of sp³-hybridized carbons (Fsp3) is 0.538. The summed E-state index contributed by atoms with van der Waals surface area (Å²) < 4.78 is 19.4. The van der Waals surface area contributed by atoms with Crippen LogP contribution in [-0.2, 0) is 22.6 Å². The van der Waals surface area contributed by atoms with Gasteiger partial charge in [-0.15, -0.1) is 0 Å². The van der Waals surface area contributed by atoms with Crippen LogP contribution in [-0.4, -0.2) is 50.9 Å². The van der Waals surface area contributed by atoms with Crippen molar-refractivity contribution in [3.8, 4) is 17.0 Å². The molecule has 2 aromatic heterocycles. The Labute approximate surface area is 206 Å². The molecule has 3 aromatic rings. The van der Waals surface area contributed by atoms with Crippen molar-refractivity contribution in [2.24, 2.45) is 0 Å². The number of ether oxygens (including phenoxy) is 3. The number of hydrogen-bond donors (Lipinski definition) is 0. The summed E-state index contributed by atoms with van der Waals surface area (Å²) in [5.74, 6) is 0.829. The molecule has 0 atom stereocenters. The number of rotatable bonds is 13. The maximum atomic E-state index is 5.93. The Hall–Kier alpha value is -2.01. The molecule has 0 bridgehead atoms. The molecule has 0 saturated heterocycles. The van der Waals surface area contributed by atoms with E-state index >= 15 is 0 Å². The van der Waals surface area contributed by atoms with E-state index in [0.29, 0.717) is 6.73 Å². The lowest BCUT2D eigenvalue weighted by molar-refractivity contribution is 0.0220. The number of pyridine rings is 1. The van der Waals surface area contributed by atoms with Gasteiger partial charge in [0.15, 0.2) is 6.79 Å². The van der Waals surface area contributed by atoms with E-state index in [1.807, 2.05) is 23.1 Å². The number of nitrogens with zero attached hydrogens (tertiary/aromatic N) is 3. The Balaban J connectivity index is 1.68. The molecule has 0 spiro atoms. The molecule has 8 heteroatoms. The summed E-state index contributed by atoms with van der Waals surface area (Å²) in [7, 11) is -2.19. The van der Waals surface area contributed by atoms with E-state index in [9.17, 15) is 0 Å². The van der Waals surface area contributed by atoms with E-state index in [2.05, 4.69) is 69.5 Å². The van der Waals surface area contributed by atoms with E-state index in [0.717, 1.165) is 59.6 Å². The van der Waals surface area contributed by atoms with Gasteiger partial charge < -0.3 is 14.2 Å². The fourth-order valence-corrected chi connectivity index (χ4v) is 5.01. The molecule has 0 aliphatic rings. The quantitative estimate of drug-likeness (QED) is 0.149. The summed E-state index contributed by atoms with van der Waals surface area (Å²) in [5, 5.41) is 5.54. The van der Waals surface area contributed by atoms with Crippen LogP contribution >= 0.6 is 0 Å². The first-order valence-electron chi connectivity index (χ1n) is 12.3. The molecule has 0 saturated carbocycles. The van der Waals surface area contributed by atoms with Gasteiger partial charge in [-0.1, -0.05) is 46.2 Å². The van der Waals surface area contributed by atoms with Gasteiger partial charge in [0.1, 0.15) is 12.5 Å². The average Bonchev–Trinajstić information content (AvgIpc) is 3.17.